The fourth-order valence-corrected chi connectivity index (χ4v) is 7.45. The van der Waals surface area contributed by atoms with E-state index in [9.17, 15) is 28.7 Å². The minimum atomic E-state index is -0.854. The number of phenolic OH excluding ortho intramolecular Hbond substituents is 1. The van der Waals surface area contributed by atoms with E-state index in [-0.39, 0.29) is 52.9 Å². The molecule has 1 saturated heterocycles. The smallest absolute Gasteiger partial charge is 0.238 e. The van der Waals surface area contributed by atoms with Crippen molar-refractivity contribution in [3.63, 3.8) is 0 Å². The van der Waals surface area contributed by atoms with Gasteiger partial charge in [0, 0.05) is 28.2 Å². The summed E-state index contributed by atoms with van der Waals surface area (Å²) < 4.78 is 20.5. The molecule has 1 fully saturated rings. The zero-order valence-electron chi connectivity index (χ0n) is 24.0. The highest BCUT2D eigenvalue weighted by Gasteiger charge is 2.56. The average molecular weight is 601 g/mol. The lowest BCUT2D eigenvalue weighted by molar-refractivity contribution is -0.123. The minimum absolute atomic E-state index is 0.122. The summed E-state index contributed by atoms with van der Waals surface area (Å²) in [5.74, 6) is -5.05. The topological polar surface area (TPSA) is 118 Å². The summed E-state index contributed by atoms with van der Waals surface area (Å²) >= 11 is 0. The first-order valence-corrected chi connectivity index (χ1v) is 14.7. The van der Waals surface area contributed by atoms with Crippen molar-refractivity contribution in [3.05, 3.63) is 113 Å². The van der Waals surface area contributed by atoms with E-state index in [0.29, 0.717) is 33.9 Å². The Kier molecular flexibility index (Phi) is 5.90. The quantitative estimate of drug-likeness (QED) is 0.175. The molecule has 4 atom stereocenters. The van der Waals surface area contributed by atoms with Gasteiger partial charge in [-0.1, -0.05) is 29.8 Å². The number of nitrogens with zero attached hydrogens (tertiary/aromatic N) is 2. The molecule has 45 heavy (non-hydrogen) atoms. The van der Waals surface area contributed by atoms with E-state index in [1.54, 1.807) is 31.2 Å². The number of rotatable bonds is 3. The predicted molar refractivity (Wildman–Crippen MR) is 161 cm³/mol. The van der Waals surface area contributed by atoms with Crippen LogP contribution in [0.15, 0.2) is 106 Å². The third-order valence-corrected chi connectivity index (χ3v) is 9.54. The van der Waals surface area contributed by atoms with E-state index in [1.807, 2.05) is 30.3 Å². The van der Waals surface area contributed by atoms with E-state index < -0.39 is 35.2 Å². The van der Waals surface area contributed by atoms with Crippen molar-refractivity contribution >= 4 is 40.2 Å². The number of benzene rings is 3. The average Bonchev–Trinajstić information content (AvgIpc) is 3.59. The molecule has 3 aliphatic carbocycles. The lowest BCUT2D eigenvalue weighted by Crippen LogP contribution is -2.39. The Bertz CT molecular complexity index is 2070. The Morgan fingerprint density at radius 3 is 2.49 bits per heavy atom. The number of carbonyl (C=O) groups excluding carboxylic acids is 4. The van der Waals surface area contributed by atoms with Gasteiger partial charge in [0.1, 0.15) is 5.52 Å². The highest BCUT2D eigenvalue weighted by molar-refractivity contribution is 6.25. The number of aromatic hydroxyl groups is 1. The van der Waals surface area contributed by atoms with Gasteiger partial charge in [-0.2, -0.15) is 0 Å². The number of aromatic nitrogens is 1. The third kappa shape index (κ3) is 4.00. The first kappa shape index (κ1) is 27.1. The fourth-order valence-electron chi connectivity index (χ4n) is 7.45. The molecule has 0 bridgehead atoms. The second-order valence-electron chi connectivity index (χ2n) is 12.0. The number of oxazole rings is 1. The number of amides is 2. The summed E-state index contributed by atoms with van der Waals surface area (Å²) in [6.07, 6.45) is 3.56. The van der Waals surface area contributed by atoms with Gasteiger partial charge < -0.3 is 9.52 Å². The summed E-state index contributed by atoms with van der Waals surface area (Å²) in [4.78, 5) is 60.5. The summed E-state index contributed by atoms with van der Waals surface area (Å²) in [7, 11) is 0. The maximum absolute atomic E-state index is 14.6. The number of hydrogen-bond acceptors (Lipinski definition) is 7. The fraction of sp³-hybridized carbons (Fsp3) is 0.194. The van der Waals surface area contributed by atoms with Crippen LogP contribution in [0.25, 0.3) is 22.6 Å². The van der Waals surface area contributed by atoms with Gasteiger partial charge >= 0.3 is 0 Å². The monoisotopic (exact) mass is 600 g/mol. The van der Waals surface area contributed by atoms with E-state index in [1.165, 1.54) is 23.1 Å². The molecule has 2 heterocycles. The molecular formula is C36H25FN2O6. The molecule has 0 spiro atoms. The molecule has 0 saturated carbocycles. The summed E-state index contributed by atoms with van der Waals surface area (Å²) in [5, 5.41) is 9.85. The molecule has 3 aromatic carbocycles. The van der Waals surface area contributed by atoms with Crippen LogP contribution in [-0.2, 0) is 19.2 Å². The normalized spacial score (nSPS) is 24.4. The number of Topliss-reactive ketones (excluding diaryl/α,β-unsaturated/α-hetero) is 1. The third-order valence-electron chi connectivity index (χ3n) is 9.54. The van der Waals surface area contributed by atoms with Crippen LogP contribution in [-0.4, -0.2) is 33.5 Å². The first-order valence-electron chi connectivity index (χ1n) is 14.7. The number of imide groups is 1. The van der Waals surface area contributed by atoms with Crippen LogP contribution in [0.5, 0.6) is 5.75 Å². The van der Waals surface area contributed by atoms with Gasteiger partial charge in [0.05, 0.1) is 17.5 Å². The second kappa shape index (κ2) is 9.79. The molecule has 1 aliphatic heterocycles. The number of para-hydroxylation sites is 2. The molecule has 222 valence electrons. The van der Waals surface area contributed by atoms with Crippen LogP contribution in [0.1, 0.15) is 31.2 Å². The maximum Gasteiger partial charge on any atom is 0.238 e. The standard InChI is InChI=1S/C36H25FN2O6/c1-17-14-28(41)24-16-23-21(30(32(24)33(17)42)19-8-13-27(40)25(37)15-19)11-12-22-31(23)36(44)39(35(22)43)20-9-6-18(7-10-20)34-38-26-4-2-3-5-29(26)45-34/h2-11,13-15,22-23,30-31,40H,12,16H2,1H3. The number of anilines is 1. The number of carbonyl (C=O) groups is 4. The van der Waals surface area contributed by atoms with Gasteiger partial charge in [-0.3, -0.25) is 24.1 Å². The van der Waals surface area contributed by atoms with Crippen LogP contribution in [0, 0.1) is 23.6 Å². The largest absolute Gasteiger partial charge is 0.505 e. The molecular weight excluding hydrogens is 575 g/mol. The Hall–Kier alpha value is -5.44. The van der Waals surface area contributed by atoms with Crippen molar-refractivity contribution in [2.45, 2.75) is 25.7 Å². The van der Waals surface area contributed by atoms with Gasteiger partial charge in [-0.15, -0.1) is 0 Å². The molecule has 0 radical (unpaired) electrons. The zero-order valence-corrected chi connectivity index (χ0v) is 24.0. The number of hydrogen-bond donors (Lipinski definition) is 1. The van der Waals surface area contributed by atoms with Gasteiger partial charge in [-0.25, -0.2) is 9.37 Å². The zero-order chi connectivity index (χ0) is 31.1. The SMILES string of the molecule is CC1=CC(=O)C2=C(C1=O)C(c1ccc(O)c(F)c1)C1=CCC3C(=O)N(c4ccc(-c5nc6ccccc6o5)cc4)C(=O)C3C1C2. The molecule has 9 heteroatoms. The predicted octanol–water partition coefficient (Wildman–Crippen LogP) is 5.97. The second-order valence-corrected chi connectivity index (χ2v) is 12.0. The molecule has 2 amide bonds. The molecule has 4 aromatic rings. The molecule has 1 aromatic heterocycles. The van der Waals surface area contributed by atoms with E-state index in [4.69, 9.17) is 4.42 Å². The van der Waals surface area contributed by atoms with E-state index >= 15 is 0 Å². The summed E-state index contributed by atoms with van der Waals surface area (Å²) in [6.45, 7) is 1.57. The van der Waals surface area contributed by atoms with Crippen LogP contribution in [0.3, 0.4) is 0 Å². The Labute approximate surface area is 256 Å². The van der Waals surface area contributed by atoms with E-state index in [2.05, 4.69) is 4.98 Å². The van der Waals surface area contributed by atoms with Crippen molar-refractivity contribution in [3.8, 4) is 17.2 Å². The molecule has 8 nitrogen and oxygen atoms in total. The minimum Gasteiger partial charge on any atom is -0.505 e. The van der Waals surface area contributed by atoms with Gasteiger partial charge in [0.2, 0.25) is 17.7 Å². The van der Waals surface area contributed by atoms with Crippen LogP contribution >= 0.6 is 0 Å². The Morgan fingerprint density at radius 1 is 0.956 bits per heavy atom. The molecule has 4 unspecified atom stereocenters. The number of allylic oxidation sites excluding steroid dienone is 6. The lowest BCUT2D eigenvalue weighted by Gasteiger charge is -2.42. The number of fused-ring (bicyclic) bond motifs is 4. The maximum atomic E-state index is 14.6. The highest BCUT2D eigenvalue weighted by atomic mass is 19.1. The first-order chi connectivity index (χ1) is 21.7. The van der Waals surface area contributed by atoms with Crippen molar-refractivity contribution in [2.24, 2.45) is 17.8 Å². The van der Waals surface area contributed by atoms with Crippen LogP contribution < -0.4 is 4.90 Å². The summed E-state index contributed by atoms with van der Waals surface area (Å²) in [6, 6.07) is 18.2. The molecule has 8 rings (SSSR count). The number of phenols is 1. The van der Waals surface area contributed by atoms with Crippen LogP contribution in [0.4, 0.5) is 10.1 Å². The summed E-state index contributed by atoms with van der Waals surface area (Å²) in [5.41, 5.74) is 4.43. The molecule has 4 aliphatic rings. The number of halogens is 1. The van der Waals surface area contributed by atoms with Crippen molar-refractivity contribution < 1.29 is 33.1 Å². The lowest BCUT2D eigenvalue weighted by atomic mass is 9.59. The Balaban J connectivity index is 1.16. The van der Waals surface area contributed by atoms with Crippen molar-refractivity contribution in [1.82, 2.24) is 4.98 Å². The van der Waals surface area contributed by atoms with E-state index in [0.717, 1.165) is 11.6 Å². The van der Waals surface area contributed by atoms with Gasteiger partial charge in [0.15, 0.2) is 28.7 Å². The van der Waals surface area contributed by atoms with Gasteiger partial charge in [0.25, 0.3) is 0 Å². The van der Waals surface area contributed by atoms with Crippen molar-refractivity contribution in [1.29, 1.82) is 0 Å². The number of ketones is 2. The molecule has 1 N–H and O–H groups in total. The Morgan fingerprint density at radius 2 is 1.73 bits per heavy atom. The highest BCUT2D eigenvalue weighted by Crippen LogP contribution is 2.55. The van der Waals surface area contributed by atoms with Crippen molar-refractivity contribution in [2.75, 3.05) is 4.90 Å². The van der Waals surface area contributed by atoms with Gasteiger partial charge in [-0.05, 0) is 85.9 Å². The van der Waals surface area contributed by atoms with Crippen LogP contribution in [0.2, 0.25) is 0 Å².